The molecule has 1 N–H and O–H groups in total. The van der Waals surface area contributed by atoms with E-state index in [-0.39, 0.29) is 0 Å². The molecule has 7 heteroatoms. The van der Waals surface area contributed by atoms with Crippen LogP contribution in [0.2, 0.25) is 0 Å². The van der Waals surface area contributed by atoms with Crippen molar-refractivity contribution in [3.63, 3.8) is 0 Å². The second kappa shape index (κ2) is 4.99. The molecule has 1 heterocycles. The van der Waals surface area contributed by atoms with Crippen LogP contribution in [0.1, 0.15) is 12.5 Å². The molecule has 1 unspecified atom stereocenters. The first kappa shape index (κ1) is 12.5. The van der Waals surface area contributed by atoms with Gasteiger partial charge in [-0.2, -0.15) is 20.1 Å². The molecule has 0 bridgehead atoms. The molecule has 0 spiro atoms. The van der Waals surface area contributed by atoms with Gasteiger partial charge in [0, 0.05) is 6.08 Å². The molecule has 1 rings (SSSR count). The molecular formula is C8H9F2O3PS. The van der Waals surface area contributed by atoms with Gasteiger partial charge in [0.1, 0.15) is 0 Å². The van der Waals surface area contributed by atoms with Crippen molar-refractivity contribution >= 4 is 25.2 Å². The van der Waals surface area contributed by atoms with Crippen LogP contribution in [-0.2, 0) is 9.09 Å². The maximum absolute atomic E-state index is 12.9. The van der Waals surface area contributed by atoms with Crippen molar-refractivity contribution in [3.8, 4) is 0 Å². The molecule has 1 aromatic heterocycles. The second-order valence-electron chi connectivity index (χ2n) is 2.77. The van der Waals surface area contributed by atoms with Crippen LogP contribution in [0.15, 0.2) is 22.9 Å². The van der Waals surface area contributed by atoms with E-state index >= 15 is 0 Å². The van der Waals surface area contributed by atoms with E-state index in [1.54, 1.807) is 16.8 Å². The van der Waals surface area contributed by atoms with Gasteiger partial charge in [0.05, 0.1) is 0 Å². The Labute approximate surface area is 90.0 Å². The lowest BCUT2D eigenvalue weighted by atomic mass is 10.1. The van der Waals surface area contributed by atoms with Crippen LogP contribution in [0.4, 0.5) is 8.78 Å². The topological polar surface area (TPSA) is 46.5 Å². The van der Waals surface area contributed by atoms with Gasteiger partial charge in [-0.05, 0) is 34.9 Å². The number of hydrogen-bond acceptors (Lipinski definition) is 3. The highest BCUT2D eigenvalue weighted by Gasteiger charge is 2.29. The summed E-state index contributed by atoms with van der Waals surface area (Å²) in [6.45, 7) is 1.48. The number of thiophene rings is 1. The molecular weight excluding hydrogens is 245 g/mol. The van der Waals surface area contributed by atoms with Gasteiger partial charge >= 0.3 is 14.4 Å². The Kier molecular flexibility index (Phi) is 4.16. The predicted molar refractivity (Wildman–Crippen MR) is 55.2 cm³/mol. The van der Waals surface area contributed by atoms with Crippen LogP contribution in [0.5, 0.6) is 0 Å². The van der Waals surface area contributed by atoms with E-state index in [1.807, 2.05) is 0 Å². The monoisotopic (exact) mass is 254 g/mol. The molecule has 0 fully saturated rings. The molecule has 0 aliphatic heterocycles. The lowest BCUT2D eigenvalue weighted by Crippen LogP contribution is -2.13. The van der Waals surface area contributed by atoms with Crippen LogP contribution in [0, 0.1) is 0 Å². The average Bonchev–Trinajstić information content (AvgIpc) is 2.50. The Morgan fingerprint density at radius 2 is 2.40 bits per heavy atom. The van der Waals surface area contributed by atoms with Gasteiger partial charge in [0.15, 0.2) is 0 Å². The molecule has 0 aliphatic carbocycles. The summed E-state index contributed by atoms with van der Waals surface area (Å²) < 4.78 is 39.5. The summed E-state index contributed by atoms with van der Waals surface area (Å²) in [6, 6.07) is 1.68. The van der Waals surface area contributed by atoms with Crippen molar-refractivity contribution < 1.29 is 22.8 Å². The highest BCUT2D eigenvalue weighted by molar-refractivity contribution is 7.32. The number of allylic oxidation sites excluding steroid dienone is 1. The molecule has 0 aromatic carbocycles. The van der Waals surface area contributed by atoms with Crippen LogP contribution in [-0.4, -0.2) is 11.0 Å². The Hall–Kier alpha value is -0.550. The first-order valence-electron chi connectivity index (χ1n) is 3.92. The van der Waals surface area contributed by atoms with E-state index in [9.17, 15) is 13.3 Å². The molecule has 3 nitrogen and oxygen atoms in total. The van der Waals surface area contributed by atoms with Crippen molar-refractivity contribution in [3.05, 3.63) is 28.5 Å². The minimum absolute atomic E-state index is 0.296. The third kappa shape index (κ3) is 4.22. The second-order valence-corrected chi connectivity index (χ2v) is 4.29. The van der Waals surface area contributed by atoms with Gasteiger partial charge in [0.2, 0.25) is 0 Å². The summed E-state index contributed by atoms with van der Waals surface area (Å²) in [5.41, 5.74) is 0.936. The summed E-state index contributed by atoms with van der Waals surface area (Å²) in [5.74, 6) is 0. The Morgan fingerprint density at radius 1 is 1.73 bits per heavy atom. The standard InChI is InChI=1S/C8H9F2O3PS/c1-6(7-2-3-15-5-7)4-8(9,10)13-14(11)12/h2-5,14H,1H3,(H,11,12). The fourth-order valence-electron chi connectivity index (χ4n) is 0.970. The zero-order valence-electron chi connectivity index (χ0n) is 7.74. The maximum atomic E-state index is 12.9. The molecule has 1 aromatic rings. The van der Waals surface area contributed by atoms with E-state index in [0.717, 1.165) is 0 Å². The first-order chi connectivity index (χ1) is 6.91. The van der Waals surface area contributed by atoms with Gasteiger partial charge < -0.3 is 4.89 Å². The zero-order valence-corrected chi connectivity index (χ0v) is 9.55. The Balaban J connectivity index is 2.82. The van der Waals surface area contributed by atoms with Gasteiger partial charge in [0.25, 0.3) is 0 Å². The average molecular weight is 254 g/mol. The highest BCUT2D eigenvalue weighted by Crippen LogP contribution is 2.32. The molecule has 1 atom stereocenters. The van der Waals surface area contributed by atoms with Crippen molar-refractivity contribution in [1.29, 1.82) is 0 Å². The van der Waals surface area contributed by atoms with Gasteiger partial charge in [-0.3, -0.25) is 4.57 Å². The summed E-state index contributed by atoms with van der Waals surface area (Å²) in [7, 11) is -3.65. The first-order valence-corrected chi connectivity index (χ1v) is 6.13. The van der Waals surface area contributed by atoms with Crippen molar-refractivity contribution in [2.75, 3.05) is 0 Å². The number of halogens is 2. The van der Waals surface area contributed by atoms with E-state index in [1.165, 1.54) is 18.3 Å². The summed E-state index contributed by atoms with van der Waals surface area (Å²) in [6.07, 6.45) is -3.19. The van der Waals surface area contributed by atoms with Gasteiger partial charge in [-0.25, -0.2) is 4.52 Å². The zero-order chi connectivity index (χ0) is 11.5. The van der Waals surface area contributed by atoms with Crippen LogP contribution in [0.25, 0.3) is 5.57 Å². The quantitative estimate of drug-likeness (QED) is 0.839. The van der Waals surface area contributed by atoms with Crippen LogP contribution >= 0.6 is 19.6 Å². The third-order valence-electron chi connectivity index (χ3n) is 1.58. The minimum atomic E-state index is -3.71. The summed E-state index contributed by atoms with van der Waals surface area (Å²) in [5, 5.41) is 3.45. The number of hydrogen-bond donors (Lipinski definition) is 1. The van der Waals surface area contributed by atoms with Crippen LogP contribution < -0.4 is 0 Å². The molecule has 0 radical (unpaired) electrons. The molecule has 0 aliphatic rings. The number of alkyl halides is 2. The molecule has 0 amide bonds. The van der Waals surface area contributed by atoms with Crippen LogP contribution in [0.3, 0.4) is 0 Å². The van der Waals surface area contributed by atoms with Gasteiger partial charge in [-0.15, -0.1) is 0 Å². The lowest BCUT2D eigenvalue weighted by Gasteiger charge is -2.10. The molecule has 0 saturated heterocycles. The maximum Gasteiger partial charge on any atom is 0.383 e. The predicted octanol–water partition coefficient (Wildman–Crippen LogP) is 3.14. The number of rotatable bonds is 4. The lowest BCUT2D eigenvalue weighted by molar-refractivity contribution is -0.131. The largest absolute Gasteiger partial charge is 0.383 e. The van der Waals surface area contributed by atoms with E-state index in [0.29, 0.717) is 17.2 Å². The molecule has 0 saturated carbocycles. The normalized spacial score (nSPS) is 15.3. The molecule has 84 valence electrons. The summed E-state index contributed by atoms with van der Waals surface area (Å²) in [4.78, 5) is 8.25. The molecule has 15 heavy (non-hydrogen) atoms. The summed E-state index contributed by atoms with van der Waals surface area (Å²) >= 11 is 1.38. The van der Waals surface area contributed by atoms with Crippen molar-refractivity contribution in [2.24, 2.45) is 0 Å². The van der Waals surface area contributed by atoms with Crippen molar-refractivity contribution in [1.82, 2.24) is 0 Å². The fraction of sp³-hybridized carbons (Fsp3) is 0.250. The smallest absolute Gasteiger partial charge is 0.326 e. The third-order valence-corrected chi connectivity index (χ3v) is 2.71. The fourth-order valence-corrected chi connectivity index (χ4v) is 1.98. The Bertz CT molecular complexity index is 375. The van der Waals surface area contributed by atoms with E-state index in [2.05, 4.69) is 4.52 Å². The van der Waals surface area contributed by atoms with Crippen molar-refractivity contribution in [2.45, 2.75) is 13.0 Å². The minimum Gasteiger partial charge on any atom is -0.326 e. The van der Waals surface area contributed by atoms with E-state index < -0.39 is 14.4 Å². The Morgan fingerprint density at radius 3 is 2.87 bits per heavy atom. The highest BCUT2D eigenvalue weighted by atomic mass is 32.1. The van der Waals surface area contributed by atoms with E-state index in [4.69, 9.17) is 4.89 Å². The van der Waals surface area contributed by atoms with Gasteiger partial charge in [-0.1, -0.05) is 0 Å². The SMILES string of the molecule is CC(=CC(F)(F)O[PH](=O)O)c1ccsc1.